The molecule has 1 saturated carbocycles. The summed E-state index contributed by atoms with van der Waals surface area (Å²) >= 11 is 0. The molecule has 0 aromatic carbocycles. The van der Waals surface area contributed by atoms with E-state index in [1.807, 2.05) is 32.1 Å². The van der Waals surface area contributed by atoms with Crippen LogP contribution in [-0.4, -0.2) is 52.8 Å². The van der Waals surface area contributed by atoms with Crippen LogP contribution < -0.4 is 10.1 Å². The number of carbonyl (C=O) groups excluding carboxylic acids is 1. The van der Waals surface area contributed by atoms with E-state index < -0.39 is 0 Å². The first-order valence-electron chi connectivity index (χ1n) is 8.12. The highest BCUT2D eigenvalue weighted by atomic mass is 16.5. The number of aromatic nitrogens is 3. The van der Waals surface area contributed by atoms with Gasteiger partial charge in [-0.25, -0.2) is 4.98 Å². The van der Waals surface area contributed by atoms with Crippen molar-refractivity contribution in [2.75, 3.05) is 32.6 Å². The van der Waals surface area contributed by atoms with Gasteiger partial charge in [-0.3, -0.25) is 9.48 Å². The second kappa shape index (κ2) is 7.00. The van der Waals surface area contributed by atoms with Crippen LogP contribution in [0, 0.1) is 0 Å². The fraction of sp³-hybridized carbons (Fsp3) is 0.471. The summed E-state index contributed by atoms with van der Waals surface area (Å²) in [4.78, 5) is 18.6. The number of pyridine rings is 1. The van der Waals surface area contributed by atoms with Crippen LogP contribution in [0.4, 0.5) is 5.69 Å². The van der Waals surface area contributed by atoms with Crippen LogP contribution in [0.3, 0.4) is 0 Å². The first-order valence-corrected chi connectivity index (χ1v) is 8.12. The maximum Gasteiger partial charge on any atom is 0.276 e. The zero-order valence-corrected chi connectivity index (χ0v) is 14.3. The molecule has 1 N–H and O–H groups in total. The van der Waals surface area contributed by atoms with Crippen molar-refractivity contribution in [2.24, 2.45) is 7.05 Å². The van der Waals surface area contributed by atoms with Crippen molar-refractivity contribution in [3.63, 3.8) is 0 Å². The van der Waals surface area contributed by atoms with Gasteiger partial charge >= 0.3 is 0 Å². The van der Waals surface area contributed by atoms with Gasteiger partial charge in [-0.2, -0.15) is 5.10 Å². The lowest BCUT2D eigenvalue weighted by Gasteiger charge is -2.11. The van der Waals surface area contributed by atoms with E-state index in [1.165, 1.54) is 12.8 Å². The van der Waals surface area contributed by atoms with Crippen molar-refractivity contribution in [3.8, 4) is 5.88 Å². The van der Waals surface area contributed by atoms with E-state index in [4.69, 9.17) is 4.74 Å². The van der Waals surface area contributed by atoms with Gasteiger partial charge in [0.15, 0.2) is 5.69 Å². The molecular formula is C17H23N5O2. The van der Waals surface area contributed by atoms with E-state index in [1.54, 1.807) is 23.0 Å². The van der Waals surface area contributed by atoms with Crippen molar-refractivity contribution in [1.82, 2.24) is 19.7 Å². The minimum absolute atomic E-state index is 0.219. The molecule has 2 aromatic rings. The molecule has 24 heavy (non-hydrogen) atoms. The Bertz CT molecular complexity index is 722. The number of likely N-dealkylation sites (N-methyl/N-ethyl adjacent to an activating group) is 1. The highest BCUT2D eigenvalue weighted by Crippen LogP contribution is 2.39. The third-order valence-electron chi connectivity index (χ3n) is 3.93. The Morgan fingerprint density at radius 1 is 1.42 bits per heavy atom. The molecule has 2 heterocycles. The number of ether oxygens (including phenoxy) is 1. The largest absolute Gasteiger partial charge is 0.476 e. The quantitative estimate of drug-likeness (QED) is 0.840. The highest BCUT2D eigenvalue weighted by molar-refractivity contribution is 6.03. The van der Waals surface area contributed by atoms with Crippen LogP contribution >= 0.6 is 0 Å². The molecule has 7 nitrogen and oxygen atoms in total. The Morgan fingerprint density at radius 2 is 2.21 bits per heavy atom. The second-order valence-electron chi connectivity index (χ2n) is 6.34. The molecule has 1 fully saturated rings. The number of carbonyl (C=O) groups is 1. The van der Waals surface area contributed by atoms with Gasteiger partial charge in [0, 0.05) is 43.2 Å². The zero-order valence-electron chi connectivity index (χ0n) is 14.3. The predicted octanol–water partition coefficient (Wildman–Crippen LogP) is 1.89. The Hall–Kier alpha value is -2.41. The summed E-state index contributed by atoms with van der Waals surface area (Å²) in [5.74, 6) is 0.832. The smallest absolute Gasteiger partial charge is 0.276 e. The highest BCUT2D eigenvalue weighted by Gasteiger charge is 2.28. The fourth-order valence-electron chi connectivity index (χ4n) is 2.45. The predicted molar refractivity (Wildman–Crippen MR) is 91.4 cm³/mol. The molecule has 1 aliphatic carbocycles. The maximum atomic E-state index is 12.4. The average Bonchev–Trinajstić information content (AvgIpc) is 3.29. The molecule has 0 unspecified atom stereocenters. The van der Waals surface area contributed by atoms with Gasteiger partial charge in [0.1, 0.15) is 6.61 Å². The van der Waals surface area contributed by atoms with E-state index in [0.717, 1.165) is 12.2 Å². The van der Waals surface area contributed by atoms with Crippen LogP contribution in [0.15, 0.2) is 24.4 Å². The first kappa shape index (κ1) is 16.4. The lowest BCUT2D eigenvalue weighted by Crippen LogP contribution is -2.19. The second-order valence-corrected chi connectivity index (χ2v) is 6.34. The zero-order chi connectivity index (χ0) is 17.1. The lowest BCUT2D eigenvalue weighted by molar-refractivity contribution is 0.102. The SMILES string of the molecule is CN(C)CCOc1cc(NC(=O)c2cc(C3CC3)n(C)n2)ccn1. The molecule has 0 aliphatic heterocycles. The van der Waals surface area contributed by atoms with Gasteiger partial charge in [0.05, 0.1) is 0 Å². The number of amides is 1. The van der Waals surface area contributed by atoms with E-state index in [-0.39, 0.29) is 5.91 Å². The monoisotopic (exact) mass is 329 g/mol. The van der Waals surface area contributed by atoms with Crippen molar-refractivity contribution in [1.29, 1.82) is 0 Å². The Balaban J connectivity index is 1.62. The summed E-state index contributed by atoms with van der Waals surface area (Å²) < 4.78 is 7.38. The summed E-state index contributed by atoms with van der Waals surface area (Å²) in [5, 5.41) is 7.16. The Morgan fingerprint density at radius 3 is 2.92 bits per heavy atom. The summed E-state index contributed by atoms with van der Waals surface area (Å²) in [5.41, 5.74) is 2.21. The summed E-state index contributed by atoms with van der Waals surface area (Å²) in [6.07, 6.45) is 3.98. The molecule has 0 bridgehead atoms. The summed E-state index contributed by atoms with van der Waals surface area (Å²) in [7, 11) is 5.85. The van der Waals surface area contributed by atoms with E-state index in [9.17, 15) is 4.79 Å². The average molecular weight is 329 g/mol. The number of hydrogen-bond donors (Lipinski definition) is 1. The first-order chi connectivity index (χ1) is 11.5. The number of nitrogens with zero attached hydrogens (tertiary/aromatic N) is 4. The molecule has 128 valence electrons. The molecule has 3 rings (SSSR count). The van der Waals surface area contributed by atoms with E-state index in [2.05, 4.69) is 15.4 Å². The van der Waals surface area contributed by atoms with Crippen LogP contribution in [0.1, 0.15) is 34.9 Å². The molecule has 2 aromatic heterocycles. The van der Waals surface area contributed by atoms with Gasteiger partial charge in [-0.1, -0.05) is 0 Å². The molecule has 0 saturated heterocycles. The minimum Gasteiger partial charge on any atom is -0.476 e. The van der Waals surface area contributed by atoms with Crippen LogP contribution in [0.5, 0.6) is 5.88 Å². The van der Waals surface area contributed by atoms with Crippen molar-refractivity contribution in [2.45, 2.75) is 18.8 Å². The van der Waals surface area contributed by atoms with Gasteiger partial charge in [0.25, 0.3) is 5.91 Å². The van der Waals surface area contributed by atoms with E-state index in [0.29, 0.717) is 29.8 Å². The summed E-state index contributed by atoms with van der Waals surface area (Å²) in [6, 6.07) is 5.34. The normalized spacial score (nSPS) is 14.0. The van der Waals surface area contributed by atoms with E-state index >= 15 is 0 Å². The molecule has 0 spiro atoms. The number of anilines is 1. The van der Waals surface area contributed by atoms with Crippen molar-refractivity contribution < 1.29 is 9.53 Å². The standard InChI is InChI=1S/C17H23N5O2/c1-21(2)8-9-24-16-10-13(6-7-18-16)19-17(23)14-11-15(12-4-5-12)22(3)20-14/h6-7,10-12H,4-5,8-9H2,1-3H3,(H,18,19,23). The van der Waals surface area contributed by atoms with Crippen LogP contribution in [0.25, 0.3) is 0 Å². The molecule has 7 heteroatoms. The number of hydrogen-bond acceptors (Lipinski definition) is 5. The van der Waals surface area contributed by atoms with Gasteiger partial charge in [-0.15, -0.1) is 0 Å². The van der Waals surface area contributed by atoms with Gasteiger partial charge in [-0.05, 0) is 39.1 Å². The van der Waals surface area contributed by atoms with Crippen molar-refractivity contribution in [3.05, 3.63) is 35.8 Å². The molecule has 0 radical (unpaired) electrons. The van der Waals surface area contributed by atoms with Gasteiger partial charge < -0.3 is 15.0 Å². The Kier molecular flexibility index (Phi) is 4.80. The maximum absolute atomic E-state index is 12.4. The third-order valence-corrected chi connectivity index (χ3v) is 3.93. The Labute approximate surface area is 141 Å². The van der Waals surface area contributed by atoms with Crippen LogP contribution in [0.2, 0.25) is 0 Å². The number of rotatable bonds is 7. The number of nitrogens with one attached hydrogen (secondary N) is 1. The molecule has 1 aliphatic rings. The third kappa shape index (κ3) is 4.11. The van der Waals surface area contributed by atoms with Crippen LogP contribution in [-0.2, 0) is 7.05 Å². The topological polar surface area (TPSA) is 72.3 Å². The summed E-state index contributed by atoms with van der Waals surface area (Å²) in [6.45, 7) is 1.35. The molecule has 0 atom stereocenters. The minimum atomic E-state index is -0.219. The molecular weight excluding hydrogens is 306 g/mol. The lowest BCUT2D eigenvalue weighted by atomic mass is 10.2. The molecule has 1 amide bonds. The van der Waals surface area contributed by atoms with Crippen molar-refractivity contribution >= 4 is 11.6 Å². The van der Waals surface area contributed by atoms with Gasteiger partial charge in [0.2, 0.25) is 5.88 Å². The number of aryl methyl sites for hydroxylation is 1. The fourth-order valence-corrected chi connectivity index (χ4v) is 2.45.